The summed E-state index contributed by atoms with van der Waals surface area (Å²) in [5, 5.41) is 0. The van der Waals surface area contributed by atoms with E-state index in [1.54, 1.807) is 0 Å². The van der Waals surface area contributed by atoms with Gasteiger partial charge in [0.15, 0.2) is 0 Å². The van der Waals surface area contributed by atoms with Crippen molar-refractivity contribution in [1.29, 1.82) is 0 Å². The van der Waals surface area contributed by atoms with E-state index >= 15 is 0 Å². The molecule has 4 heteroatoms. The van der Waals surface area contributed by atoms with Crippen LogP contribution < -0.4 is 0 Å². The predicted octanol–water partition coefficient (Wildman–Crippen LogP) is -0.344. The molecule has 0 aliphatic heterocycles. The van der Waals surface area contributed by atoms with Gasteiger partial charge >= 0.3 is 70.0 Å². The fourth-order valence-electron chi connectivity index (χ4n) is 1.39. The second-order valence-corrected chi connectivity index (χ2v) is 11.2. The molecule has 60 valence electrons. The summed E-state index contributed by atoms with van der Waals surface area (Å²) in [4.78, 5) is 0. The Kier molecular flexibility index (Phi) is 4.63. The van der Waals surface area contributed by atoms with Crippen molar-refractivity contribution >= 4 is 16.9 Å². The van der Waals surface area contributed by atoms with E-state index in [-0.39, 0.29) is 0 Å². The molecule has 0 rings (SSSR count). The molecule has 0 saturated heterocycles. The maximum atomic E-state index is 2.35. The van der Waals surface area contributed by atoms with Gasteiger partial charge in [0.05, 0.1) is 0 Å². The fraction of sp³-hybridized carbons (Fsp3) is 1.00. The van der Waals surface area contributed by atoms with Crippen LogP contribution in [0.25, 0.3) is 0 Å². The zero-order valence-electron chi connectivity index (χ0n) is 7.92. The summed E-state index contributed by atoms with van der Waals surface area (Å²) in [6, 6.07) is 0. The van der Waals surface area contributed by atoms with Crippen molar-refractivity contribution in [3.8, 4) is 0 Å². The van der Waals surface area contributed by atoms with Gasteiger partial charge in [0.1, 0.15) is 0 Å². The van der Waals surface area contributed by atoms with Crippen molar-refractivity contribution in [2.45, 2.75) is 0 Å². The molecule has 0 aromatic carbocycles. The summed E-state index contributed by atoms with van der Waals surface area (Å²) in [7, 11) is 12.9. The Hall–Kier alpha value is 0.516. The second kappa shape index (κ2) is 4.41. The van der Waals surface area contributed by atoms with E-state index in [1.165, 1.54) is 0 Å². The first-order valence-electron chi connectivity index (χ1n) is 3.46. The first-order valence-corrected chi connectivity index (χ1v) is 6.71. The minimum absolute atomic E-state index is 1.42. The van der Waals surface area contributed by atoms with Crippen LogP contribution in [0.4, 0.5) is 0 Å². The normalized spacial score (nSPS) is 11.7. The van der Waals surface area contributed by atoms with Crippen LogP contribution >= 0.6 is 0 Å². The molecule has 0 fully saturated rings. The fourth-order valence-corrected chi connectivity index (χ4v) is 7.20. The van der Waals surface area contributed by atoms with E-state index in [2.05, 4.69) is 53.1 Å². The quantitative estimate of drug-likeness (QED) is 0.579. The third-order valence-corrected chi connectivity index (χ3v) is 7.20. The van der Waals surface area contributed by atoms with E-state index in [0.717, 1.165) is 0 Å². The van der Waals surface area contributed by atoms with Crippen molar-refractivity contribution < 1.29 is 0 Å². The molecule has 0 heterocycles. The van der Waals surface area contributed by atoms with Crippen molar-refractivity contribution in [3.05, 3.63) is 0 Å². The van der Waals surface area contributed by atoms with E-state index in [4.69, 9.17) is 0 Å². The molecule has 0 aromatic heterocycles. The monoisotopic (exact) mass is 201 g/mol. The summed E-state index contributed by atoms with van der Waals surface area (Å²) < 4.78 is 7.06. The van der Waals surface area contributed by atoms with Gasteiger partial charge in [-0.1, -0.05) is 0 Å². The van der Waals surface area contributed by atoms with Gasteiger partial charge in [0, 0.05) is 0 Å². The Balaban J connectivity index is 3.98. The molecular formula is C6H18GaN3. The third kappa shape index (κ3) is 3.07. The average Bonchev–Trinajstić information content (AvgIpc) is 1.59. The molecule has 0 amide bonds. The first kappa shape index (κ1) is 10.5. The molecule has 0 bridgehead atoms. The van der Waals surface area contributed by atoms with E-state index in [1.807, 2.05) is 0 Å². The molecule has 0 unspecified atom stereocenters. The summed E-state index contributed by atoms with van der Waals surface area (Å²) in [6.45, 7) is 0. The van der Waals surface area contributed by atoms with Crippen LogP contribution in [0.2, 0.25) is 0 Å². The van der Waals surface area contributed by atoms with Crippen molar-refractivity contribution in [1.82, 2.24) is 10.8 Å². The number of rotatable bonds is 3. The molecule has 0 spiro atoms. The first-order chi connectivity index (χ1) is 4.46. The van der Waals surface area contributed by atoms with E-state index < -0.39 is 16.9 Å². The van der Waals surface area contributed by atoms with Gasteiger partial charge in [-0.2, -0.15) is 0 Å². The van der Waals surface area contributed by atoms with Gasteiger partial charge in [-0.25, -0.2) is 0 Å². The molecule has 0 aliphatic carbocycles. The van der Waals surface area contributed by atoms with E-state index in [9.17, 15) is 0 Å². The van der Waals surface area contributed by atoms with Gasteiger partial charge < -0.3 is 0 Å². The molecule has 3 nitrogen and oxygen atoms in total. The van der Waals surface area contributed by atoms with E-state index in [0.29, 0.717) is 0 Å². The predicted molar refractivity (Wildman–Crippen MR) is 46.8 cm³/mol. The Labute approximate surface area is 70.4 Å². The Morgan fingerprint density at radius 1 is 0.600 bits per heavy atom. The molecular weight excluding hydrogens is 184 g/mol. The topological polar surface area (TPSA) is 9.72 Å². The average molecular weight is 202 g/mol. The molecule has 10 heavy (non-hydrogen) atoms. The van der Waals surface area contributed by atoms with Crippen molar-refractivity contribution in [2.24, 2.45) is 0 Å². The van der Waals surface area contributed by atoms with Crippen LogP contribution in [0.15, 0.2) is 0 Å². The molecule has 0 atom stereocenters. The van der Waals surface area contributed by atoms with Crippen LogP contribution in [0.5, 0.6) is 0 Å². The number of hydrogen-bond donors (Lipinski definition) is 0. The standard InChI is InChI=1S/3C2H6N.Ga/c3*1-3-2;/h3*1-2H3;/q3*-1;+3. The summed E-state index contributed by atoms with van der Waals surface area (Å²) in [5.74, 6) is 0. The molecule has 0 N–H and O–H groups in total. The van der Waals surface area contributed by atoms with Gasteiger partial charge in [-0.3, -0.25) is 0 Å². The summed E-state index contributed by atoms with van der Waals surface area (Å²) in [5.41, 5.74) is 0. The van der Waals surface area contributed by atoms with Gasteiger partial charge in [-0.15, -0.1) is 0 Å². The van der Waals surface area contributed by atoms with Crippen LogP contribution in [0, 0.1) is 0 Å². The van der Waals surface area contributed by atoms with Crippen LogP contribution in [-0.2, 0) is 0 Å². The SMILES string of the molecule is C[N](C)[Ga]([N](C)C)[N](C)C. The van der Waals surface area contributed by atoms with Crippen molar-refractivity contribution in [2.75, 3.05) is 42.3 Å². The molecule has 0 aliphatic rings. The molecule has 0 aromatic rings. The Morgan fingerprint density at radius 3 is 0.800 bits per heavy atom. The summed E-state index contributed by atoms with van der Waals surface area (Å²) in [6.07, 6.45) is 0. The van der Waals surface area contributed by atoms with Gasteiger partial charge in [0.25, 0.3) is 0 Å². The second-order valence-electron chi connectivity index (χ2n) is 3.24. The maximum absolute atomic E-state index is 2.35. The zero-order valence-corrected chi connectivity index (χ0v) is 10.3. The molecule has 0 saturated carbocycles. The zero-order chi connectivity index (χ0) is 8.31. The minimum atomic E-state index is -1.42. The van der Waals surface area contributed by atoms with Gasteiger partial charge in [-0.05, 0) is 0 Å². The van der Waals surface area contributed by atoms with Gasteiger partial charge in [0.2, 0.25) is 0 Å². The van der Waals surface area contributed by atoms with Crippen LogP contribution in [0.1, 0.15) is 0 Å². The number of hydrogen-bond acceptors (Lipinski definition) is 3. The Morgan fingerprint density at radius 2 is 0.800 bits per heavy atom. The number of nitrogens with zero attached hydrogens (tertiary/aromatic N) is 3. The molecule has 0 radical (unpaired) electrons. The van der Waals surface area contributed by atoms with Crippen LogP contribution in [0.3, 0.4) is 0 Å². The van der Waals surface area contributed by atoms with Crippen LogP contribution in [-0.4, -0.2) is 70.0 Å². The summed E-state index contributed by atoms with van der Waals surface area (Å²) >= 11 is -1.42. The van der Waals surface area contributed by atoms with Crippen molar-refractivity contribution in [3.63, 3.8) is 0 Å². The Bertz CT molecular complexity index is 74.0. The third-order valence-electron chi connectivity index (χ3n) is 1.39.